The summed E-state index contributed by atoms with van der Waals surface area (Å²) in [5, 5.41) is 10.1. The van der Waals surface area contributed by atoms with E-state index in [4.69, 9.17) is 0 Å². The van der Waals surface area contributed by atoms with Crippen molar-refractivity contribution in [3.05, 3.63) is 52.0 Å². The number of thiazole rings is 1. The van der Waals surface area contributed by atoms with Gasteiger partial charge in [-0.05, 0) is 24.8 Å². The van der Waals surface area contributed by atoms with Gasteiger partial charge in [0.15, 0.2) is 5.96 Å². The summed E-state index contributed by atoms with van der Waals surface area (Å²) >= 11 is 1.72. The number of hydrogen-bond acceptors (Lipinski definition) is 3. The van der Waals surface area contributed by atoms with Gasteiger partial charge in [-0.3, -0.25) is 4.99 Å². The van der Waals surface area contributed by atoms with Crippen molar-refractivity contribution < 1.29 is 0 Å². The third-order valence-corrected chi connectivity index (χ3v) is 5.44. The van der Waals surface area contributed by atoms with E-state index in [9.17, 15) is 0 Å². The smallest absolute Gasteiger partial charge is 0.191 e. The summed E-state index contributed by atoms with van der Waals surface area (Å²) in [5.41, 5.74) is 2.79. The van der Waals surface area contributed by atoms with E-state index in [1.807, 2.05) is 7.05 Å². The highest BCUT2D eigenvalue weighted by molar-refractivity contribution is 7.09. The van der Waals surface area contributed by atoms with Gasteiger partial charge in [0.2, 0.25) is 0 Å². The molecule has 1 saturated carbocycles. The molecule has 0 unspecified atom stereocenters. The molecule has 1 aliphatic rings. The minimum atomic E-state index is 0.287. The molecule has 1 fully saturated rings. The molecule has 23 heavy (non-hydrogen) atoms. The van der Waals surface area contributed by atoms with E-state index >= 15 is 0 Å². The number of aryl methyl sites for hydroxylation is 1. The molecule has 0 saturated heterocycles. The normalized spacial score (nSPS) is 16.2. The van der Waals surface area contributed by atoms with Crippen molar-refractivity contribution >= 4 is 17.3 Å². The summed E-state index contributed by atoms with van der Waals surface area (Å²) < 4.78 is 0. The lowest BCUT2D eigenvalue weighted by Gasteiger charge is -2.18. The summed E-state index contributed by atoms with van der Waals surface area (Å²) in [4.78, 5) is 8.90. The van der Waals surface area contributed by atoms with Crippen LogP contribution in [0.15, 0.2) is 40.7 Å². The van der Waals surface area contributed by atoms with Crippen LogP contribution in [0.5, 0.6) is 0 Å². The van der Waals surface area contributed by atoms with E-state index in [2.05, 4.69) is 63.2 Å². The molecule has 0 amide bonds. The third-order valence-electron chi connectivity index (χ3n) is 4.40. The molecule has 0 atom stereocenters. The molecule has 1 heterocycles. The Labute approximate surface area is 142 Å². The molecule has 122 valence electrons. The van der Waals surface area contributed by atoms with Crippen LogP contribution in [-0.2, 0) is 18.4 Å². The predicted octanol–water partition coefficient (Wildman–Crippen LogP) is 3.10. The molecular weight excluding hydrogens is 304 g/mol. The largest absolute Gasteiger partial charge is 0.356 e. The monoisotopic (exact) mass is 328 g/mol. The first-order valence-corrected chi connectivity index (χ1v) is 9.07. The summed E-state index contributed by atoms with van der Waals surface area (Å²) in [5.74, 6) is 0.846. The van der Waals surface area contributed by atoms with Crippen LogP contribution in [0.25, 0.3) is 0 Å². The van der Waals surface area contributed by atoms with E-state index in [1.165, 1.54) is 23.4 Å². The Morgan fingerprint density at radius 1 is 1.26 bits per heavy atom. The maximum atomic E-state index is 4.58. The van der Waals surface area contributed by atoms with Crippen molar-refractivity contribution in [1.82, 2.24) is 15.6 Å². The van der Waals surface area contributed by atoms with Gasteiger partial charge in [0.05, 0.1) is 17.2 Å². The first-order chi connectivity index (χ1) is 11.3. The van der Waals surface area contributed by atoms with Crippen LogP contribution in [0.3, 0.4) is 0 Å². The van der Waals surface area contributed by atoms with Gasteiger partial charge in [0, 0.05) is 24.4 Å². The molecule has 1 aromatic heterocycles. The van der Waals surface area contributed by atoms with Crippen LogP contribution in [0, 0.1) is 0 Å². The summed E-state index contributed by atoms with van der Waals surface area (Å²) in [7, 11) is 1.82. The zero-order chi connectivity index (χ0) is 16.1. The van der Waals surface area contributed by atoms with Gasteiger partial charge in [-0.15, -0.1) is 11.3 Å². The van der Waals surface area contributed by atoms with Gasteiger partial charge in [0.25, 0.3) is 0 Å². The second-order valence-corrected chi connectivity index (χ2v) is 6.95. The zero-order valence-electron chi connectivity index (χ0n) is 13.8. The van der Waals surface area contributed by atoms with Crippen molar-refractivity contribution in [2.45, 2.75) is 38.1 Å². The van der Waals surface area contributed by atoms with Gasteiger partial charge in [-0.2, -0.15) is 0 Å². The molecule has 0 radical (unpaired) electrons. The van der Waals surface area contributed by atoms with Crippen LogP contribution < -0.4 is 10.6 Å². The first kappa shape index (κ1) is 16.0. The molecule has 2 N–H and O–H groups in total. The van der Waals surface area contributed by atoms with Crippen molar-refractivity contribution in [2.24, 2.45) is 4.99 Å². The minimum Gasteiger partial charge on any atom is -0.356 e. The topological polar surface area (TPSA) is 49.3 Å². The van der Waals surface area contributed by atoms with E-state index in [0.717, 1.165) is 24.6 Å². The van der Waals surface area contributed by atoms with E-state index in [0.29, 0.717) is 6.54 Å². The maximum absolute atomic E-state index is 4.58. The fraction of sp³-hybridized carbons (Fsp3) is 0.444. The standard InChI is InChI=1S/C18H24N4S/c1-3-16-22-15(12-23-16)11-20-17(19-2)21-13-18(9-10-18)14-7-5-4-6-8-14/h4-8,12H,3,9-11,13H2,1-2H3,(H2,19,20,21). The highest BCUT2D eigenvalue weighted by Crippen LogP contribution is 2.47. The molecule has 5 heteroatoms. The van der Waals surface area contributed by atoms with Crippen molar-refractivity contribution in [2.75, 3.05) is 13.6 Å². The fourth-order valence-corrected chi connectivity index (χ4v) is 3.50. The second kappa shape index (κ2) is 7.13. The molecule has 4 nitrogen and oxygen atoms in total. The Hall–Kier alpha value is -1.88. The number of benzene rings is 1. The van der Waals surface area contributed by atoms with Crippen LogP contribution in [0.1, 0.15) is 36.0 Å². The Morgan fingerprint density at radius 3 is 2.65 bits per heavy atom. The number of nitrogens with one attached hydrogen (secondary N) is 2. The Bertz CT molecular complexity index is 659. The van der Waals surface area contributed by atoms with E-state index in [-0.39, 0.29) is 5.41 Å². The third kappa shape index (κ3) is 3.91. The number of rotatable bonds is 6. The lowest BCUT2D eigenvalue weighted by Crippen LogP contribution is -2.40. The van der Waals surface area contributed by atoms with Gasteiger partial charge in [-0.25, -0.2) is 4.98 Å². The van der Waals surface area contributed by atoms with Crippen molar-refractivity contribution in [3.63, 3.8) is 0 Å². The maximum Gasteiger partial charge on any atom is 0.191 e. The molecule has 2 aromatic rings. The average Bonchev–Trinajstić information content (AvgIpc) is 3.26. The number of aromatic nitrogens is 1. The van der Waals surface area contributed by atoms with Gasteiger partial charge >= 0.3 is 0 Å². The summed E-state index contributed by atoms with van der Waals surface area (Å²) in [6.07, 6.45) is 3.48. The highest BCUT2D eigenvalue weighted by atomic mass is 32.1. The lowest BCUT2D eigenvalue weighted by molar-refractivity contribution is 0.645. The molecular formula is C18H24N4S. The minimum absolute atomic E-state index is 0.287. The molecule has 0 bridgehead atoms. The molecule has 0 spiro atoms. The van der Waals surface area contributed by atoms with E-state index < -0.39 is 0 Å². The van der Waals surface area contributed by atoms with Gasteiger partial charge < -0.3 is 10.6 Å². The average molecular weight is 328 g/mol. The number of guanidine groups is 1. The summed E-state index contributed by atoms with van der Waals surface area (Å²) in [6, 6.07) is 10.8. The van der Waals surface area contributed by atoms with Crippen LogP contribution in [-0.4, -0.2) is 24.5 Å². The predicted molar refractivity (Wildman–Crippen MR) is 97.0 cm³/mol. The molecule has 1 aromatic carbocycles. The van der Waals surface area contributed by atoms with Gasteiger partial charge in [-0.1, -0.05) is 37.3 Å². The number of nitrogens with zero attached hydrogens (tertiary/aromatic N) is 2. The second-order valence-electron chi connectivity index (χ2n) is 6.01. The Morgan fingerprint density at radius 2 is 2.04 bits per heavy atom. The first-order valence-electron chi connectivity index (χ1n) is 8.19. The van der Waals surface area contributed by atoms with Crippen molar-refractivity contribution in [1.29, 1.82) is 0 Å². The lowest BCUT2D eigenvalue weighted by atomic mass is 9.96. The Balaban J connectivity index is 1.52. The molecule has 0 aliphatic heterocycles. The number of aliphatic imine (C=N–C) groups is 1. The van der Waals surface area contributed by atoms with Gasteiger partial charge in [0.1, 0.15) is 0 Å². The molecule has 3 rings (SSSR count). The highest BCUT2D eigenvalue weighted by Gasteiger charge is 2.43. The van der Waals surface area contributed by atoms with Crippen LogP contribution >= 0.6 is 11.3 Å². The van der Waals surface area contributed by atoms with Crippen molar-refractivity contribution in [3.8, 4) is 0 Å². The SMILES string of the molecule is CCc1nc(CNC(=NC)NCC2(c3ccccc3)CC2)cs1. The Kier molecular flexibility index (Phi) is 4.96. The summed E-state index contributed by atoms with van der Waals surface area (Å²) in [6.45, 7) is 3.78. The fourth-order valence-electron chi connectivity index (χ4n) is 2.75. The zero-order valence-corrected chi connectivity index (χ0v) is 14.6. The molecule has 1 aliphatic carbocycles. The van der Waals surface area contributed by atoms with E-state index in [1.54, 1.807) is 11.3 Å². The van der Waals surface area contributed by atoms with Crippen LogP contribution in [0.2, 0.25) is 0 Å². The quantitative estimate of drug-likeness (QED) is 0.633. The number of hydrogen-bond donors (Lipinski definition) is 2. The van der Waals surface area contributed by atoms with Crippen LogP contribution in [0.4, 0.5) is 0 Å².